The monoisotopic (exact) mass is 304 g/mol. The van der Waals surface area contributed by atoms with Crippen molar-refractivity contribution in [2.45, 2.75) is 6.04 Å². The highest BCUT2D eigenvalue weighted by molar-refractivity contribution is 9.10. The molecular formula is C14H10BrFN2. The highest BCUT2D eigenvalue weighted by Gasteiger charge is 2.15. The van der Waals surface area contributed by atoms with E-state index in [1.54, 1.807) is 12.1 Å². The first-order valence-corrected chi connectivity index (χ1v) is 6.16. The van der Waals surface area contributed by atoms with Gasteiger partial charge in [-0.15, -0.1) is 0 Å². The lowest BCUT2D eigenvalue weighted by atomic mass is 10.1. The minimum Gasteiger partial charge on any atom is -0.366 e. The Kier molecular flexibility index (Phi) is 3.96. The van der Waals surface area contributed by atoms with Gasteiger partial charge in [0, 0.05) is 15.7 Å². The number of halogens is 2. The van der Waals surface area contributed by atoms with Gasteiger partial charge in [-0.1, -0.05) is 40.2 Å². The number of hydrogen-bond donors (Lipinski definition) is 1. The smallest absolute Gasteiger partial charge is 0.143 e. The topological polar surface area (TPSA) is 35.8 Å². The molecule has 0 aliphatic heterocycles. The minimum absolute atomic E-state index is 0.338. The van der Waals surface area contributed by atoms with Crippen LogP contribution >= 0.6 is 15.9 Å². The molecule has 2 nitrogen and oxygen atoms in total. The number of anilines is 1. The molecule has 0 amide bonds. The summed E-state index contributed by atoms with van der Waals surface area (Å²) in [6.07, 6.45) is 0. The third kappa shape index (κ3) is 2.88. The van der Waals surface area contributed by atoms with Crippen molar-refractivity contribution in [3.63, 3.8) is 0 Å². The molecule has 0 saturated carbocycles. The predicted octanol–water partition coefficient (Wildman–Crippen LogP) is 4.26. The summed E-state index contributed by atoms with van der Waals surface area (Å²) in [7, 11) is 0. The van der Waals surface area contributed by atoms with E-state index >= 15 is 0 Å². The number of rotatable bonds is 3. The van der Waals surface area contributed by atoms with E-state index in [0.29, 0.717) is 10.0 Å². The fourth-order valence-electron chi connectivity index (χ4n) is 1.62. The van der Waals surface area contributed by atoms with Crippen LogP contribution in [0.4, 0.5) is 10.1 Å². The molecule has 2 rings (SSSR count). The van der Waals surface area contributed by atoms with Crippen LogP contribution in [0.2, 0.25) is 0 Å². The molecule has 0 heterocycles. The van der Waals surface area contributed by atoms with Gasteiger partial charge in [0.2, 0.25) is 0 Å². The first-order chi connectivity index (χ1) is 8.70. The summed E-state index contributed by atoms with van der Waals surface area (Å²) < 4.78 is 14.4. The Morgan fingerprint density at radius 1 is 1.17 bits per heavy atom. The number of nitrogens with zero attached hydrogens (tertiary/aromatic N) is 1. The average molecular weight is 305 g/mol. The van der Waals surface area contributed by atoms with Crippen LogP contribution in [0.15, 0.2) is 53.0 Å². The fraction of sp³-hybridized carbons (Fsp3) is 0.0714. The van der Waals surface area contributed by atoms with Crippen LogP contribution in [-0.4, -0.2) is 0 Å². The van der Waals surface area contributed by atoms with Crippen molar-refractivity contribution < 1.29 is 4.39 Å². The second-order valence-electron chi connectivity index (χ2n) is 3.74. The highest BCUT2D eigenvalue weighted by Crippen LogP contribution is 2.24. The third-order valence-electron chi connectivity index (χ3n) is 2.49. The van der Waals surface area contributed by atoms with E-state index < -0.39 is 11.9 Å². The number of hydrogen-bond acceptors (Lipinski definition) is 2. The molecule has 0 radical (unpaired) electrons. The van der Waals surface area contributed by atoms with E-state index in [-0.39, 0.29) is 0 Å². The average Bonchev–Trinajstić information content (AvgIpc) is 2.38. The number of nitriles is 1. The van der Waals surface area contributed by atoms with Gasteiger partial charge in [0.1, 0.15) is 11.9 Å². The molecule has 2 aromatic carbocycles. The van der Waals surface area contributed by atoms with Gasteiger partial charge >= 0.3 is 0 Å². The summed E-state index contributed by atoms with van der Waals surface area (Å²) >= 11 is 3.19. The van der Waals surface area contributed by atoms with E-state index in [1.165, 1.54) is 6.07 Å². The van der Waals surface area contributed by atoms with Crippen molar-refractivity contribution in [1.82, 2.24) is 0 Å². The summed E-state index contributed by atoms with van der Waals surface area (Å²) in [5, 5.41) is 12.1. The van der Waals surface area contributed by atoms with E-state index in [9.17, 15) is 4.39 Å². The van der Waals surface area contributed by atoms with Crippen LogP contribution < -0.4 is 5.32 Å². The maximum Gasteiger partial charge on any atom is 0.143 e. The summed E-state index contributed by atoms with van der Waals surface area (Å²) in [5.74, 6) is -0.403. The Morgan fingerprint density at radius 3 is 2.50 bits per heavy atom. The van der Waals surface area contributed by atoms with Crippen LogP contribution in [0.1, 0.15) is 11.6 Å². The SMILES string of the molecule is N#CC(Nc1ccccc1)c1ccc(Br)cc1F. The Morgan fingerprint density at radius 2 is 1.89 bits per heavy atom. The van der Waals surface area contributed by atoms with Crippen molar-refractivity contribution in [3.05, 3.63) is 64.4 Å². The molecule has 4 heteroatoms. The summed E-state index contributed by atoms with van der Waals surface area (Å²) in [6, 6.07) is 15.3. The second-order valence-corrected chi connectivity index (χ2v) is 4.65. The molecule has 18 heavy (non-hydrogen) atoms. The molecule has 0 fully saturated rings. The molecule has 0 aliphatic carbocycles. The quantitative estimate of drug-likeness (QED) is 0.919. The maximum absolute atomic E-state index is 13.8. The van der Waals surface area contributed by atoms with Crippen LogP contribution in [0.25, 0.3) is 0 Å². The summed E-state index contributed by atoms with van der Waals surface area (Å²) in [4.78, 5) is 0. The van der Waals surface area contributed by atoms with Crippen molar-refractivity contribution in [1.29, 1.82) is 5.26 Å². The van der Waals surface area contributed by atoms with Gasteiger partial charge in [0.25, 0.3) is 0 Å². The van der Waals surface area contributed by atoms with Gasteiger partial charge in [0.05, 0.1) is 6.07 Å². The zero-order valence-corrected chi connectivity index (χ0v) is 11.0. The van der Waals surface area contributed by atoms with E-state index in [0.717, 1.165) is 5.69 Å². The summed E-state index contributed by atoms with van der Waals surface area (Å²) in [5.41, 5.74) is 1.12. The van der Waals surface area contributed by atoms with Gasteiger partial charge in [0.15, 0.2) is 0 Å². The van der Waals surface area contributed by atoms with Gasteiger partial charge < -0.3 is 5.32 Å². The number of nitrogens with one attached hydrogen (secondary N) is 1. The molecule has 0 saturated heterocycles. The zero-order valence-electron chi connectivity index (χ0n) is 9.40. The first kappa shape index (κ1) is 12.6. The molecular weight excluding hydrogens is 295 g/mol. The van der Waals surface area contributed by atoms with Crippen LogP contribution in [-0.2, 0) is 0 Å². The normalized spacial score (nSPS) is 11.6. The fourth-order valence-corrected chi connectivity index (χ4v) is 1.95. The van der Waals surface area contributed by atoms with Gasteiger partial charge in [-0.3, -0.25) is 0 Å². The van der Waals surface area contributed by atoms with Gasteiger partial charge in [-0.2, -0.15) is 5.26 Å². The predicted molar refractivity (Wildman–Crippen MR) is 72.5 cm³/mol. The number of para-hydroxylation sites is 1. The van der Waals surface area contributed by atoms with E-state index in [4.69, 9.17) is 5.26 Å². The van der Waals surface area contributed by atoms with Crippen LogP contribution in [0.5, 0.6) is 0 Å². The molecule has 0 bridgehead atoms. The molecule has 1 atom stereocenters. The maximum atomic E-state index is 13.8. The van der Waals surface area contributed by atoms with Gasteiger partial charge in [-0.25, -0.2) is 4.39 Å². The molecule has 1 N–H and O–H groups in total. The standard InChI is InChI=1S/C14H10BrFN2/c15-10-6-7-12(13(16)8-10)14(9-17)18-11-4-2-1-3-5-11/h1-8,14,18H. The molecule has 0 spiro atoms. The Labute approximate surface area is 113 Å². The summed E-state index contributed by atoms with van der Waals surface area (Å²) in [6.45, 7) is 0. The van der Waals surface area contributed by atoms with Crippen molar-refractivity contribution >= 4 is 21.6 Å². The van der Waals surface area contributed by atoms with Crippen molar-refractivity contribution in [3.8, 4) is 6.07 Å². The first-order valence-electron chi connectivity index (χ1n) is 5.37. The van der Waals surface area contributed by atoms with Crippen molar-refractivity contribution in [2.75, 3.05) is 5.32 Å². The molecule has 0 aliphatic rings. The van der Waals surface area contributed by atoms with E-state index in [1.807, 2.05) is 30.3 Å². The minimum atomic E-state index is -0.708. The largest absolute Gasteiger partial charge is 0.366 e. The molecule has 90 valence electrons. The van der Waals surface area contributed by atoms with Gasteiger partial charge in [-0.05, 0) is 24.3 Å². The second kappa shape index (κ2) is 5.65. The zero-order chi connectivity index (χ0) is 13.0. The molecule has 2 aromatic rings. The lowest BCUT2D eigenvalue weighted by Gasteiger charge is -2.14. The highest BCUT2D eigenvalue weighted by atomic mass is 79.9. The Hall–Kier alpha value is -1.86. The Bertz CT molecular complexity index is 578. The molecule has 0 aromatic heterocycles. The van der Waals surface area contributed by atoms with Crippen molar-refractivity contribution in [2.24, 2.45) is 0 Å². The van der Waals surface area contributed by atoms with E-state index in [2.05, 4.69) is 27.3 Å². The lowest BCUT2D eigenvalue weighted by Crippen LogP contribution is -2.10. The molecule has 1 unspecified atom stereocenters. The third-order valence-corrected chi connectivity index (χ3v) is 2.98. The number of benzene rings is 2. The Balaban J connectivity index is 2.27. The van der Waals surface area contributed by atoms with Crippen LogP contribution in [0, 0.1) is 17.1 Å². The lowest BCUT2D eigenvalue weighted by molar-refractivity contribution is 0.606. The van der Waals surface area contributed by atoms with Crippen LogP contribution in [0.3, 0.4) is 0 Å².